The van der Waals surface area contributed by atoms with Crippen molar-refractivity contribution in [3.63, 3.8) is 0 Å². The maximum absolute atomic E-state index is 12.2. The summed E-state index contributed by atoms with van der Waals surface area (Å²) in [5, 5.41) is -0.286. The number of carbonyl (C=O) groups is 3. The van der Waals surface area contributed by atoms with Crippen LogP contribution in [0, 0.1) is 0 Å². The first kappa shape index (κ1) is 20.3. The first-order chi connectivity index (χ1) is 12.4. The summed E-state index contributed by atoms with van der Waals surface area (Å²) in [4.78, 5) is 36.9. The molecule has 0 spiro atoms. The van der Waals surface area contributed by atoms with Crippen molar-refractivity contribution in [2.24, 2.45) is 0 Å². The molecule has 26 heavy (non-hydrogen) atoms. The number of esters is 1. The van der Waals surface area contributed by atoms with Gasteiger partial charge in [-0.1, -0.05) is 0 Å². The van der Waals surface area contributed by atoms with Gasteiger partial charge in [0.2, 0.25) is 0 Å². The summed E-state index contributed by atoms with van der Waals surface area (Å²) >= 11 is 4.28. The quantitative estimate of drug-likeness (QED) is 0.471. The zero-order chi connectivity index (χ0) is 19.3. The van der Waals surface area contributed by atoms with Gasteiger partial charge in [-0.3, -0.25) is 14.5 Å². The van der Waals surface area contributed by atoms with Crippen molar-refractivity contribution in [2.75, 3.05) is 26.9 Å². The predicted molar refractivity (Wildman–Crippen MR) is 101 cm³/mol. The van der Waals surface area contributed by atoms with Crippen LogP contribution >= 0.6 is 27.7 Å². The van der Waals surface area contributed by atoms with E-state index in [9.17, 15) is 14.4 Å². The van der Waals surface area contributed by atoms with E-state index in [0.717, 1.165) is 11.8 Å². The molecule has 2 rings (SSSR count). The molecule has 1 saturated heterocycles. The van der Waals surface area contributed by atoms with E-state index in [1.54, 1.807) is 25.1 Å². The van der Waals surface area contributed by atoms with Crippen LogP contribution in [0.4, 0.5) is 4.79 Å². The van der Waals surface area contributed by atoms with Crippen molar-refractivity contribution in [3.8, 4) is 11.5 Å². The van der Waals surface area contributed by atoms with Crippen molar-refractivity contribution < 1.29 is 28.6 Å². The molecule has 0 aromatic heterocycles. The number of nitrogens with zero attached hydrogens (tertiary/aromatic N) is 1. The average molecular weight is 444 g/mol. The number of halogens is 1. The van der Waals surface area contributed by atoms with E-state index in [1.807, 2.05) is 6.92 Å². The second-order valence-corrected chi connectivity index (χ2v) is 6.90. The normalized spacial score (nSPS) is 15.5. The van der Waals surface area contributed by atoms with Crippen molar-refractivity contribution in [3.05, 3.63) is 27.1 Å². The van der Waals surface area contributed by atoms with E-state index in [4.69, 9.17) is 9.47 Å². The highest BCUT2D eigenvalue weighted by Gasteiger charge is 2.33. The van der Waals surface area contributed by atoms with E-state index in [-0.39, 0.29) is 17.8 Å². The Kier molecular flexibility index (Phi) is 7.10. The summed E-state index contributed by atoms with van der Waals surface area (Å²) in [7, 11) is 1.27. The number of hydrogen-bond acceptors (Lipinski definition) is 7. The Labute approximate surface area is 163 Å². The molecule has 0 N–H and O–H groups in total. The van der Waals surface area contributed by atoms with Crippen molar-refractivity contribution in [1.29, 1.82) is 0 Å². The number of likely N-dealkylation sites (N-methyl/N-ethyl adjacent to an activating group) is 1. The van der Waals surface area contributed by atoms with Crippen LogP contribution < -0.4 is 9.47 Å². The van der Waals surface area contributed by atoms with Crippen LogP contribution in [0.1, 0.15) is 19.4 Å². The fourth-order valence-corrected chi connectivity index (χ4v) is 3.67. The first-order valence-electron chi connectivity index (χ1n) is 7.82. The molecule has 0 radical (unpaired) electrons. The summed E-state index contributed by atoms with van der Waals surface area (Å²) in [6.07, 6.45) is 1.62. The van der Waals surface area contributed by atoms with E-state index in [2.05, 4.69) is 20.7 Å². The monoisotopic (exact) mass is 443 g/mol. The zero-order valence-corrected chi connectivity index (χ0v) is 16.9. The minimum Gasteiger partial charge on any atom is -0.490 e. The number of benzene rings is 1. The van der Waals surface area contributed by atoms with Gasteiger partial charge < -0.3 is 14.2 Å². The Hall–Kier alpha value is -2.00. The number of ether oxygens (including phenoxy) is 3. The topological polar surface area (TPSA) is 82.1 Å². The molecular weight excluding hydrogens is 426 g/mol. The number of thioether (sulfide) groups is 1. The Morgan fingerprint density at radius 1 is 1.27 bits per heavy atom. The standard InChI is InChI=1S/C17H18BrNO6S/c1-4-19-16(21)13(26-17(19)22)8-10-6-11(18)15(12(7-10)24-5-2)25-9-14(20)23-3/h6-8H,4-5,9H2,1-3H3/b13-8+. The summed E-state index contributed by atoms with van der Waals surface area (Å²) < 4.78 is 16.2. The first-order valence-corrected chi connectivity index (χ1v) is 9.43. The Morgan fingerprint density at radius 2 is 2.00 bits per heavy atom. The average Bonchev–Trinajstić information content (AvgIpc) is 2.87. The van der Waals surface area contributed by atoms with E-state index < -0.39 is 5.97 Å². The van der Waals surface area contributed by atoms with Gasteiger partial charge in [-0.25, -0.2) is 4.79 Å². The smallest absolute Gasteiger partial charge is 0.343 e. The molecule has 2 amide bonds. The third-order valence-corrected chi connectivity index (χ3v) is 4.88. The molecule has 140 valence electrons. The fraction of sp³-hybridized carbons (Fsp3) is 0.353. The van der Waals surface area contributed by atoms with Gasteiger partial charge in [-0.2, -0.15) is 0 Å². The molecule has 7 nitrogen and oxygen atoms in total. The second kappa shape index (κ2) is 9.09. The highest BCUT2D eigenvalue weighted by atomic mass is 79.9. The molecule has 1 aromatic rings. The largest absolute Gasteiger partial charge is 0.490 e. The summed E-state index contributed by atoms with van der Waals surface area (Å²) in [6.45, 7) is 4.02. The lowest BCUT2D eigenvalue weighted by Crippen LogP contribution is -2.27. The third kappa shape index (κ3) is 4.59. The molecule has 1 aromatic carbocycles. The van der Waals surface area contributed by atoms with Crippen molar-refractivity contribution in [1.82, 2.24) is 4.90 Å². The van der Waals surface area contributed by atoms with Crippen LogP contribution in [-0.2, 0) is 14.3 Å². The van der Waals surface area contributed by atoms with Crippen molar-refractivity contribution in [2.45, 2.75) is 13.8 Å². The molecular formula is C17H18BrNO6S. The van der Waals surface area contributed by atoms with Gasteiger partial charge in [0, 0.05) is 6.54 Å². The van der Waals surface area contributed by atoms with E-state index in [0.29, 0.717) is 39.6 Å². The molecule has 1 aliphatic heterocycles. The molecule has 1 heterocycles. The SMILES string of the molecule is CCOc1cc(/C=C2/SC(=O)N(CC)C2=O)cc(Br)c1OCC(=O)OC. The molecule has 0 saturated carbocycles. The number of rotatable bonds is 7. The molecule has 0 bridgehead atoms. The molecule has 1 aliphatic rings. The van der Waals surface area contributed by atoms with E-state index >= 15 is 0 Å². The summed E-state index contributed by atoms with van der Waals surface area (Å²) in [5.74, 6) is -0.0675. The lowest BCUT2D eigenvalue weighted by atomic mass is 10.2. The van der Waals surface area contributed by atoms with Crippen LogP contribution in [0.15, 0.2) is 21.5 Å². The van der Waals surface area contributed by atoms with Crippen LogP contribution in [0.3, 0.4) is 0 Å². The number of carbonyl (C=O) groups excluding carboxylic acids is 3. The minimum atomic E-state index is -0.517. The van der Waals surface area contributed by atoms with Gasteiger partial charge in [-0.15, -0.1) is 0 Å². The summed E-state index contributed by atoms with van der Waals surface area (Å²) in [6, 6.07) is 3.40. The van der Waals surface area contributed by atoms with Gasteiger partial charge in [0.1, 0.15) is 0 Å². The van der Waals surface area contributed by atoms with Gasteiger partial charge >= 0.3 is 5.97 Å². The molecule has 0 aliphatic carbocycles. The zero-order valence-electron chi connectivity index (χ0n) is 14.5. The maximum Gasteiger partial charge on any atom is 0.343 e. The van der Waals surface area contributed by atoms with Crippen LogP contribution in [0.5, 0.6) is 11.5 Å². The van der Waals surface area contributed by atoms with Gasteiger partial charge in [0.15, 0.2) is 18.1 Å². The summed E-state index contributed by atoms with van der Waals surface area (Å²) in [5.41, 5.74) is 0.660. The lowest BCUT2D eigenvalue weighted by Gasteiger charge is -2.14. The molecule has 0 atom stereocenters. The third-order valence-electron chi connectivity index (χ3n) is 3.38. The fourth-order valence-electron chi connectivity index (χ4n) is 2.19. The van der Waals surface area contributed by atoms with Crippen LogP contribution in [0.2, 0.25) is 0 Å². The number of amides is 2. The number of methoxy groups -OCH3 is 1. The van der Waals surface area contributed by atoms with Gasteiger partial charge in [-0.05, 0) is 65.3 Å². The van der Waals surface area contributed by atoms with Crippen molar-refractivity contribution >= 4 is 50.9 Å². The van der Waals surface area contributed by atoms with Crippen LogP contribution in [-0.4, -0.2) is 48.9 Å². The molecule has 1 fully saturated rings. The number of imide groups is 1. The second-order valence-electron chi connectivity index (χ2n) is 5.05. The highest BCUT2D eigenvalue weighted by Crippen LogP contribution is 2.39. The van der Waals surface area contributed by atoms with Crippen LogP contribution in [0.25, 0.3) is 6.08 Å². The predicted octanol–water partition coefficient (Wildman–Crippen LogP) is 3.46. The molecule has 9 heteroatoms. The Bertz CT molecular complexity index is 764. The Balaban J connectivity index is 2.33. The molecule has 0 unspecified atom stereocenters. The highest BCUT2D eigenvalue weighted by molar-refractivity contribution is 9.10. The van der Waals surface area contributed by atoms with Gasteiger partial charge in [0.25, 0.3) is 11.1 Å². The lowest BCUT2D eigenvalue weighted by molar-refractivity contribution is -0.143. The maximum atomic E-state index is 12.2. The minimum absolute atomic E-state index is 0.260. The Morgan fingerprint density at radius 3 is 2.58 bits per heavy atom. The van der Waals surface area contributed by atoms with Gasteiger partial charge in [0.05, 0.1) is 23.1 Å². The van der Waals surface area contributed by atoms with E-state index in [1.165, 1.54) is 12.0 Å². The number of hydrogen-bond donors (Lipinski definition) is 0.